The number of nitrogens with zero attached hydrogens (tertiary/aromatic N) is 3. The summed E-state index contributed by atoms with van der Waals surface area (Å²) in [6, 6.07) is 3.09. The van der Waals surface area contributed by atoms with Crippen LogP contribution >= 0.6 is 0 Å². The molecule has 7 heteroatoms. The van der Waals surface area contributed by atoms with Crippen LogP contribution in [0.4, 0.5) is 14.6 Å². The number of nitro groups is 1. The number of benzene rings is 1. The lowest BCUT2D eigenvalue weighted by Crippen LogP contribution is -1.98. The molecule has 0 aliphatic heterocycles. The molecule has 0 amide bonds. The molecule has 5 nitrogen and oxygen atoms in total. The highest BCUT2D eigenvalue weighted by Crippen LogP contribution is 2.12. The topological polar surface area (TPSA) is 61.0 Å². The lowest BCUT2D eigenvalue weighted by atomic mass is 10.2. The average Bonchev–Trinajstić information content (AvgIpc) is 2.64. The number of rotatable bonds is 3. The van der Waals surface area contributed by atoms with Crippen molar-refractivity contribution in [3.8, 4) is 0 Å². The van der Waals surface area contributed by atoms with Crippen LogP contribution in [-0.4, -0.2) is 14.5 Å². The molecule has 0 aliphatic rings. The van der Waals surface area contributed by atoms with Crippen LogP contribution in [0.3, 0.4) is 0 Å². The van der Waals surface area contributed by atoms with Gasteiger partial charge >= 0.3 is 5.82 Å². The third-order valence-corrected chi connectivity index (χ3v) is 2.09. The molecule has 0 fully saturated rings. The van der Waals surface area contributed by atoms with E-state index >= 15 is 0 Å². The van der Waals surface area contributed by atoms with Crippen molar-refractivity contribution in [2.45, 2.75) is 6.54 Å². The molecule has 17 heavy (non-hydrogen) atoms. The van der Waals surface area contributed by atoms with Crippen molar-refractivity contribution < 1.29 is 13.7 Å². The summed E-state index contributed by atoms with van der Waals surface area (Å²) < 4.78 is 27.2. The molecule has 88 valence electrons. The fraction of sp³-hybridized carbons (Fsp3) is 0.100. The van der Waals surface area contributed by atoms with Crippen LogP contribution in [0.5, 0.6) is 0 Å². The molecule has 0 N–H and O–H groups in total. The highest BCUT2D eigenvalue weighted by atomic mass is 19.1. The Morgan fingerprint density at radius 2 is 1.94 bits per heavy atom. The van der Waals surface area contributed by atoms with Crippen molar-refractivity contribution in [3.05, 3.63) is 58.0 Å². The second-order valence-electron chi connectivity index (χ2n) is 3.44. The maximum atomic E-state index is 12.9. The van der Waals surface area contributed by atoms with E-state index < -0.39 is 16.6 Å². The third kappa shape index (κ3) is 2.63. The first kappa shape index (κ1) is 11.2. The first-order valence-electron chi connectivity index (χ1n) is 4.66. The van der Waals surface area contributed by atoms with Gasteiger partial charge in [-0.05, 0) is 27.6 Å². The zero-order chi connectivity index (χ0) is 12.4. The molecular formula is C10H7F2N3O2. The molecule has 1 heterocycles. The standard InChI is InChI=1S/C10H7F2N3O2/c11-8-1-7(2-9(12)3-8)4-14-5-10(13-6-14)15(16)17/h1-3,5-6H,4H2. The van der Waals surface area contributed by atoms with Crippen molar-refractivity contribution in [2.24, 2.45) is 0 Å². The molecule has 1 aromatic carbocycles. The van der Waals surface area contributed by atoms with Gasteiger partial charge in [0.1, 0.15) is 17.8 Å². The minimum atomic E-state index is -0.686. The Kier molecular flexibility index (Phi) is 2.82. The highest BCUT2D eigenvalue weighted by Gasteiger charge is 2.10. The number of imidazole rings is 1. The normalized spacial score (nSPS) is 10.5. The maximum absolute atomic E-state index is 12.9. The first-order chi connectivity index (χ1) is 8.04. The SMILES string of the molecule is O=[N+]([O-])c1cn(Cc2cc(F)cc(F)c2)cn1. The molecule has 1 aromatic heterocycles. The lowest BCUT2D eigenvalue weighted by molar-refractivity contribution is -0.389. The Morgan fingerprint density at radius 1 is 1.29 bits per heavy atom. The number of hydrogen-bond donors (Lipinski definition) is 0. The Bertz CT molecular complexity index is 548. The van der Waals surface area contributed by atoms with E-state index in [9.17, 15) is 18.9 Å². The van der Waals surface area contributed by atoms with E-state index in [0.717, 1.165) is 18.2 Å². The molecule has 0 aliphatic carbocycles. The summed E-state index contributed by atoms with van der Waals surface area (Å²) in [4.78, 5) is 13.3. The lowest BCUT2D eigenvalue weighted by Gasteiger charge is -2.01. The molecule has 2 aromatic rings. The Balaban J connectivity index is 2.22. The van der Waals surface area contributed by atoms with Gasteiger partial charge in [0.2, 0.25) is 6.33 Å². The van der Waals surface area contributed by atoms with E-state index in [0.29, 0.717) is 5.56 Å². The molecule has 2 rings (SSSR count). The third-order valence-electron chi connectivity index (χ3n) is 2.09. The Morgan fingerprint density at radius 3 is 2.47 bits per heavy atom. The molecule has 0 atom stereocenters. The highest BCUT2D eigenvalue weighted by molar-refractivity contribution is 5.20. The van der Waals surface area contributed by atoms with Crippen molar-refractivity contribution >= 4 is 5.82 Å². The fourth-order valence-electron chi connectivity index (χ4n) is 1.44. The summed E-state index contributed by atoms with van der Waals surface area (Å²) in [5.74, 6) is -1.67. The van der Waals surface area contributed by atoms with E-state index in [1.807, 2.05) is 0 Å². The minimum Gasteiger partial charge on any atom is -0.358 e. The molecule has 0 saturated carbocycles. The van der Waals surface area contributed by atoms with Gasteiger partial charge in [-0.1, -0.05) is 0 Å². The number of hydrogen-bond acceptors (Lipinski definition) is 3. The van der Waals surface area contributed by atoms with E-state index in [4.69, 9.17) is 0 Å². The molecule has 0 spiro atoms. The largest absolute Gasteiger partial charge is 0.381 e. The fourth-order valence-corrected chi connectivity index (χ4v) is 1.44. The predicted molar refractivity (Wildman–Crippen MR) is 54.3 cm³/mol. The van der Waals surface area contributed by atoms with Crippen LogP contribution in [0, 0.1) is 21.7 Å². The van der Waals surface area contributed by atoms with Gasteiger partial charge in [0, 0.05) is 6.07 Å². The molecule has 0 bridgehead atoms. The summed E-state index contributed by atoms with van der Waals surface area (Å²) in [6.07, 6.45) is 2.43. The van der Waals surface area contributed by atoms with E-state index in [-0.39, 0.29) is 12.4 Å². The van der Waals surface area contributed by atoms with Crippen LogP contribution in [-0.2, 0) is 6.54 Å². The van der Waals surface area contributed by atoms with Gasteiger partial charge in [0.05, 0.1) is 6.54 Å². The summed E-state index contributed by atoms with van der Waals surface area (Å²) in [5, 5.41) is 10.4. The minimum absolute atomic E-state index is 0.121. The van der Waals surface area contributed by atoms with Crippen LogP contribution in [0.1, 0.15) is 5.56 Å². The van der Waals surface area contributed by atoms with Gasteiger partial charge in [0.25, 0.3) is 0 Å². The van der Waals surface area contributed by atoms with Gasteiger partial charge in [-0.3, -0.25) is 0 Å². The van der Waals surface area contributed by atoms with E-state index in [1.165, 1.54) is 17.1 Å². The first-order valence-corrected chi connectivity index (χ1v) is 4.66. The van der Waals surface area contributed by atoms with E-state index in [1.54, 1.807) is 0 Å². The smallest absolute Gasteiger partial charge is 0.358 e. The number of aromatic nitrogens is 2. The number of halogens is 2. The average molecular weight is 239 g/mol. The summed E-state index contributed by atoms with van der Waals surface area (Å²) >= 11 is 0. The summed E-state index contributed by atoms with van der Waals surface area (Å²) in [5.41, 5.74) is 0.370. The zero-order valence-corrected chi connectivity index (χ0v) is 8.51. The van der Waals surface area contributed by atoms with Gasteiger partial charge in [0.15, 0.2) is 0 Å². The predicted octanol–water partition coefficient (Wildman–Crippen LogP) is 2.12. The monoisotopic (exact) mass is 239 g/mol. The van der Waals surface area contributed by atoms with Crippen LogP contribution in [0.15, 0.2) is 30.7 Å². The van der Waals surface area contributed by atoms with E-state index in [2.05, 4.69) is 4.98 Å². The van der Waals surface area contributed by atoms with Crippen LogP contribution < -0.4 is 0 Å². The maximum Gasteiger partial charge on any atom is 0.381 e. The summed E-state index contributed by atoms with van der Waals surface area (Å²) in [7, 11) is 0. The van der Waals surface area contributed by atoms with Crippen LogP contribution in [0.25, 0.3) is 0 Å². The molecule has 0 radical (unpaired) electrons. The van der Waals surface area contributed by atoms with Gasteiger partial charge < -0.3 is 14.7 Å². The summed E-state index contributed by atoms with van der Waals surface area (Å²) in [6.45, 7) is 0.121. The second-order valence-corrected chi connectivity index (χ2v) is 3.44. The van der Waals surface area contributed by atoms with Crippen molar-refractivity contribution in [3.63, 3.8) is 0 Å². The van der Waals surface area contributed by atoms with Crippen molar-refractivity contribution in [1.29, 1.82) is 0 Å². The molecular weight excluding hydrogens is 232 g/mol. The quantitative estimate of drug-likeness (QED) is 0.608. The van der Waals surface area contributed by atoms with Crippen molar-refractivity contribution in [1.82, 2.24) is 9.55 Å². The zero-order valence-electron chi connectivity index (χ0n) is 8.51. The second kappa shape index (κ2) is 4.28. The molecule has 0 saturated heterocycles. The molecule has 0 unspecified atom stereocenters. The van der Waals surface area contributed by atoms with Gasteiger partial charge in [-0.2, -0.15) is 0 Å². The van der Waals surface area contributed by atoms with Crippen LogP contribution in [0.2, 0.25) is 0 Å². The Labute approximate surface area is 94.5 Å². The van der Waals surface area contributed by atoms with Gasteiger partial charge in [-0.15, -0.1) is 0 Å². The van der Waals surface area contributed by atoms with Gasteiger partial charge in [-0.25, -0.2) is 8.78 Å². The Hall–Kier alpha value is -2.31. The van der Waals surface area contributed by atoms with Crippen molar-refractivity contribution in [2.75, 3.05) is 0 Å².